The molecule has 0 radical (unpaired) electrons. The summed E-state index contributed by atoms with van der Waals surface area (Å²) in [7, 11) is 0. The number of alkyl halides is 12. The molecule has 0 aliphatic carbocycles. The second kappa shape index (κ2) is 15.7. The van der Waals surface area contributed by atoms with E-state index in [1.165, 1.54) is 48.5 Å². The highest BCUT2D eigenvalue weighted by atomic mass is 19.4. The van der Waals surface area contributed by atoms with Gasteiger partial charge in [-0.05, 0) is 179 Å². The average molecular weight is 965 g/mol. The molecule has 0 aliphatic rings. The lowest BCUT2D eigenvalue weighted by Gasteiger charge is -2.26. The van der Waals surface area contributed by atoms with Crippen LogP contribution in [0.3, 0.4) is 0 Å². The monoisotopic (exact) mass is 964 g/mol. The van der Waals surface area contributed by atoms with Gasteiger partial charge in [-0.15, -0.1) is 0 Å². The quantitative estimate of drug-likeness (QED) is 0.156. The average Bonchev–Trinajstić information content (AvgIpc) is 3.86. The molecule has 11 rings (SSSR count). The molecule has 2 heterocycles. The summed E-state index contributed by atoms with van der Waals surface area (Å²) in [5.74, 6) is 0. The van der Waals surface area contributed by atoms with Gasteiger partial charge in [-0.2, -0.15) is 52.7 Å². The van der Waals surface area contributed by atoms with Crippen molar-refractivity contribution in [1.82, 2.24) is 0 Å². The van der Waals surface area contributed by atoms with Gasteiger partial charge in [0, 0.05) is 50.3 Å². The van der Waals surface area contributed by atoms with Crippen LogP contribution in [0.2, 0.25) is 0 Å². The molecule has 4 nitrogen and oxygen atoms in total. The highest BCUT2D eigenvalue weighted by molar-refractivity contribution is 6.24. The van der Waals surface area contributed by atoms with Crippen LogP contribution >= 0.6 is 0 Å². The zero-order valence-corrected chi connectivity index (χ0v) is 35.4. The Kier molecular flexibility index (Phi) is 9.95. The van der Waals surface area contributed by atoms with Crippen molar-refractivity contribution < 1.29 is 61.5 Å². The lowest BCUT2D eigenvalue weighted by molar-refractivity contribution is -0.138. The second-order valence-electron chi connectivity index (χ2n) is 16.6. The summed E-state index contributed by atoms with van der Waals surface area (Å²) in [6, 6.07) is 38.8. The number of nitrogens with zero attached hydrogens (tertiary/aromatic N) is 2. The number of hydrogen-bond donors (Lipinski definition) is 0. The summed E-state index contributed by atoms with van der Waals surface area (Å²) < 4.78 is 175. The minimum Gasteiger partial charge on any atom is -0.456 e. The molecule has 0 spiro atoms. The minimum absolute atomic E-state index is 0.267. The van der Waals surface area contributed by atoms with E-state index in [2.05, 4.69) is 0 Å². The van der Waals surface area contributed by atoms with Gasteiger partial charge in [-0.3, -0.25) is 0 Å². The number of anilines is 6. The summed E-state index contributed by atoms with van der Waals surface area (Å²) in [5.41, 5.74) is 0.333. The van der Waals surface area contributed by atoms with Crippen molar-refractivity contribution in [2.75, 3.05) is 9.80 Å². The summed E-state index contributed by atoms with van der Waals surface area (Å²) in [5, 5.41) is 5.67. The Morgan fingerprint density at radius 2 is 0.614 bits per heavy atom. The van der Waals surface area contributed by atoms with Gasteiger partial charge in [0.15, 0.2) is 0 Å². The van der Waals surface area contributed by atoms with Gasteiger partial charge in [0.1, 0.15) is 22.3 Å². The number of rotatable bonds is 6. The fourth-order valence-corrected chi connectivity index (χ4v) is 8.92. The van der Waals surface area contributed by atoms with Crippen LogP contribution in [0.5, 0.6) is 0 Å². The molecule has 16 heteroatoms. The zero-order valence-electron chi connectivity index (χ0n) is 35.4. The van der Waals surface area contributed by atoms with Crippen molar-refractivity contribution in [3.63, 3.8) is 0 Å². The molecule has 0 saturated heterocycles. The number of halogens is 12. The molecule has 0 aliphatic heterocycles. The molecular weight excluding hydrogens is 937 g/mol. The Balaban J connectivity index is 1.000. The predicted octanol–water partition coefficient (Wildman–Crippen LogP) is 18.8. The van der Waals surface area contributed by atoms with Crippen LogP contribution in [0.15, 0.2) is 179 Å². The summed E-state index contributed by atoms with van der Waals surface area (Å²) in [4.78, 5) is 3.10. The molecule has 2 aromatic heterocycles. The van der Waals surface area contributed by atoms with Gasteiger partial charge < -0.3 is 18.6 Å². The molecule has 11 aromatic rings. The van der Waals surface area contributed by atoms with E-state index in [0.29, 0.717) is 55.3 Å². The fraction of sp³-hybridized carbons (Fsp3) is 0.0741. The second-order valence-corrected chi connectivity index (χ2v) is 16.6. The number of hydrogen-bond acceptors (Lipinski definition) is 4. The molecule has 350 valence electrons. The van der Waals surface area contributed by atoms with E-state index in [1.807, 2.05) is 18.2 Å². The third-order valence-corrected chi connectivity index (χ3v) is 12.3. The lowest BCUT2D eigenvalue weighted by atomic mass is 10.0. The molecule has 9 aromatic carbocycles. The van der Waals surface area contributed by atoms with Crippen LogP contribution < -0.4 is 9.80 Å². The van der Waals surface area contributed by atoms with Crippen molar-refractivity contribution in [2.45, 2.75) is 24.7 Å². The molecule has 0 atom stereocenters. The van der Waals surface area contributed by atoms with Crippen molar-refractivity contribution >= 4 is 99.5 Å². The largest absolute Gasteiger partial charge is 0.456 e. The molecular formula is C54H28F12N2O2. The van der Waals surface area contributed by atoms with E-state index in [1.54, 1.807) is 64.4 Å². The van der Waals surface area contributed by atoms with E-state index in [9.17, 15) is 52.7 Å². The first-order valence-corrected chi connectivity index (χ1v) is 21.2. The van der Waals surface area contributed by atoms with Crippen LogP contribution in [0.4, 0.5) is 86.8 Å². The van der Waals surface area contributed by atoms with Crippen LogP contribution in [-0.2, 0) is 24.7 Å². The highest BCUT2D eigenvalue weighted by Crippen LogP contribution is 2.46. The maximum Gasteiger partial charge on any atom is 0.416 e. The first-order valence-electron chi connectivity index (χ1n) is 21.2. The van der Waals surface area contributed by atoms with E-state index < -0.39 is 47.0 Å². The Hall–Kier alpha value is -8.14. The third kappa shape index (κ3) is 7.82. The number of benzene rings is 9. The van der Waals surface area contributed by atoms with E-state index in [-0.39, 0.29) is 22.7 Å². The Morgan fingerprint density at radius 1 is 0.271 bits per heavy atom. The molecule has 0 unspecified atom stereocenters. The van der Waals surface area contributed by atoms with Gasteiger partial charge in [0.05, 0.1) is 27.6 Å². The minimum atomic E-state index is -4.61. The third-order valence-electron chi connectivity index (χ3n) is 12.3. The fourth-order valence-electron chi connectivity index (χ4n) is 8.92. The molecule has 0 N–H and O–H groups in total. The van der Waals surface area contributed by atoms with E-state index >= 15 is 0 Å². The lowest BCUT2D eigenvalue weighted by Crippen LogP contribution is -2.12. The van der Waals surface area contributed by atoms with Crippen LogP contribution in [-0.4, -0.2) is 0 Å². The Morgan fingerprint density at radius 3 is 0.986 bits per heavy atom. The Labute approximate surface area is 386 Å². The van der Waals surface area contributed by atoms with Gasteiger partial charge >= 0.3 is 24.7 Å². The normalized spacial score (nSPS) is 12.9. The van der Waals surface area contributed by atoms with Crippen molar-refractivity contribution in [3.05, 3.63) is 192 Å². The predicted molar refractivity (Wildman–Crippen MR) is 245 cm³/mol. The molecule has 0 amide bonds. The summed E-state index contributed by atoms with van der Waals surface area (Å²) in [6.45, 7) is 0. The maximum absolute atomic E-state index is 13.5. The van der Waals surface area contributed by atoms with Gasteiger partial charge in [0.2, 0.25) is 0 Å². The van der Waals surface area contributed by atoms with Gasteiger partial charge in [-0.25, -0.2) is 0 Å². The molecule has 0 fully saturated rings. The first-order chi connectivity index (χ1) is 33.2. The van der Waals surface area contributed by atoms with E-state index in [0.717, 1.165) is 70.1 Å². The summed E-state index contributed by atoms with van der Waals surface area (Å²) >= 11 is 0. The summed E-state index contributed by atoms with van der Waals surface area (Å²) in [6.07, 6.45) is -18.4. The van der Waals surface area contributed by atoms with Gasteiger partial charge in [-0.1, -0.05) is 12.1 Å². The standard InChI is InChI=1S/C54H28F12N2O2/c55-51(56,57)33-3-13-37(14-4-33)67(38-15-5-34(6-16-38)52(58,59)60)41-11-1-29-25-44-43-21-22-46-49(50(43)70-47(44)27-31(29)23-41)45-26-30-2-12-42(24-32(30)28-48(45)69-46)68(39-17-7-35(8-18-39)53(61,62)63)40-19-9-36(10-20-40)54(64,65)66/h1-28H. The number of furan rings is 2. The first kappa shape index (κ1) is 44.4. The Bertz CT molecular complexity index is 3700. The zero-order chi connectivity index (χ0) is 49.1. The maximum atomic E-state index is 13.5. The van der Waals surface area contributed by atoms with Crippen molar-refractivity contribution in [3.8, 4) is 0 Å². The van der Waals surface area contributed by atoms with Crippen LogP contribution in [0, 0.1) is 0 Å². The van der Waals surface area contributed by atoms with Crippen LogP contribution in [0.25, 0.3) is 65.4 Å². The smallest absolute Gasteiger partial charge is 0.416 e. The van der Waals surface area contributed by atoms with Crippen LogP contribution in [0.1, 0.15) is 22.3 Å². The topological polar surface area (TPSA) is 32.8 Å². The molecule has 0 bridgehead atoms. The SMILES string of the molecule is FC(F)(F)c1ccc(N(c2ccc(C(F)(F)F)cc2)c2ccc3cc4c(cc3c2)oc2c4ccc3oc4cc5cc(N(c6ccc(C(F)(F)F)cc6)c6ccc(C(F)(F)F)cc6)ccc5cc4c32)cc1. The van der Waals surface area contributed by atoms with Gasteiger partial charge in [0.25, 0.3) is 0 Å². The molecule has 0 saturated carbocycles. The molecule has 70 heavy (non-hydrogen) atoms. The highest BCUT2D eigenvalue weighted by Gasteiger charge is 2.34. The van der Waals surface area contributed by atoms with Crippen molar-refractivity contribution in [2.24, 2.45) is 0 Å². The van der Waals surface area contributed by atoms with Crippen molar-refractivity contribution in [1.29, 1.82) is 0 Å². The van der Waals surface area contributed by atoms with E-state index in [4.69, 9.17) is 8.83 Å². The number of fused-ring (bicyclic) bond motifs is 9.